The largest absolute Gasteiger partial charge is 0.322 e. The highest BCUT2D eigenvalue weighted by molar-refractivity contribution is 7.93. The lowest BCUT2D eigenvalue weighted by Gasteiger charge is -2.12. The van der Waals surface area contributed by atoms with E-state index < -0.39 is 31.8 Å². The molecule has 0 aliphatic carbocycles. The Morgan fingerprint density at radius 2 is 1.24 bits per heavy atom. The fourth-order valence-corrected chi connectivity index (χ4v) is 5.74. The highest BCUT2D eigenvalue weighted by atomic mass is 35.5. The van der Waals surface area contributed by atoms with Gasteiger partial charge in [-0.25, -0.2) is 21.2 Å². The van der Waals surface area contributed by atoms with Gasteiger partial charge in [0.1, 0.15) is 5.82 Å². The number of hydrogen-bond acceptors (Lipinski definition) is 5. The van der Waals surface area contributed by atoms with Gasteiger partial charge in [-0.15, -0.1) is 0 Å². The third kappa shape index (κ3) is 6.49. The molecule has 0 atom stereocenters. The Morgan fingerprint density at radius 1 is 0.711 bits per heavy atom. The number of halogens is 2. The van der Waals surface area contributed by atoms with Crippen LogP contribution in [0.1, 0.15) is 15.9 Å². The Labute approximate surface area is 224 Å². The van der Waals surface area contributed by atoms with E-state index in [0.717, 1.165) is 17.7 Å². The first-order valence-electron chi connectivity index (χ1n) is 11.0. The van der Waals surface area contributed by atoms with Crippen LogP contribution < -0.4 is 14.8 Å². The Kier molecular flexibility index (Phi) is 7.72. The summed E-state index contributed by atoms with van der Waals surface area (Å²) in [4.78, 5) is 12.7. The van der Waals surface area contributed by atoms with Crippen molar-refractivity contribution >= 4 is 54.6 Å². The monoisotopic (exact) mass is 573 g/mol. The molecule has 0 spiro atoms. The van der Waals surface area contributed by atoms with Crippen molar-refractivity contribution in [1.29, 1.82) is 0 Å². The van der Waals surface area contributed by atoms with Crippen molar-refractivity contribution in [1.82, 2.24) is 0 Å². The number of benzene rings is 4. The van der Waals surface area contributed by atoms with Gasteiger partial charge in [-0.2, -0.15) is 0 Å². The van der Waals surface area contributed by atoms with E-state index in [1.165, 1.54) is 66.7 Å². The van der Waals surface area contributed by atoms with Gasteiger partial charge in [-0.3, -0.25) is 14.2 Å². The predicted octanol–water partition coefficient (Wildman–Crippen LogP) is 5.64. The minimum atomic E-state index is -3.93. The Bertz CT molecular complexity index is 1690. The maximum absolute atomic E-state index is 13.0. The molecule has 0 bridgehead atoms. The van der Waals surface area contributed by atoms with Crippen LogP contribution in [0.5, 0.6) is 0 Å². The number of hydrogen-bond donors (Lipinski definition) is 3. The lowest BCUT2D eigenvalue weighted by molar-refractivity contribution is 0.102. The van der Waals surface area contributed by atoms with Crippen molar-refractivity contribution in [2.24, 2.45) is 0 Å². The van der Waals surface area contributed by atoms with Gasteiger partial charge in [-0.1, -0.05) is 29.3 Å². The van der Waals surface area contributed by atoms with Crippen LogP contribution in [0.3, 0.4) is 0 Å². The second-order valence-electron chi connectivity index (χ2n) is 8.20. The summed E-state index contributed by atoms with van der Waals surface area (Å²) < 4.78 is 68.2. The first-order valence-corrected chi connectivity index (χ1v) is 14.4. The van der Waals surface area contributed by atoms with Crippen molar-refractivity contribution in [3.8, 4) is 0 Å². The molecule has 38 heavy (non-hydrogen) atoms. The molecule has 0 saturated heterocycles. The van der Waals surface area contributed by atoms with Crippen LogP contribution in [0.15, 0.2) is 101 Å². The summed E-state index contributed by atoms with van der Waals surface area (Å²) in [6.07, 6.45) is 0. The first kappa shape index (κ1) is 27.1. The molecule has 1 amide bonds. The highest BCUT2D eigenvalue weighted by Gasteiger charge is 2.18. The molecular formula is C26H21ClFN3O5S2. The zero-order chi connectivity index (χ0) is 27.5. The molecule has 0 aliphatic heterocycles. The average molecular weight is 574 g/mol. The second kappa shape index (κ2) is 10.8. The van der Waals surface area contributed by atoms with Crippen LogP contribution in [-0.2, 0) is 20.0 Å². The van der Waals surface area contributed by atoms with E-state index >= 15 is 0 Å². The summed E-state index contributed by atoms with van der Waals surface area (Å²) in [5.41, 5.74) is 1.69. The number of nitrogens with one attached hydrogen (secondary N) is 3. The lowest BCUT2D eigenvalue weighted by Crippen LogP contribution is -2.15. The molecule has 0 unspecified atom stereocenters. The fraction of sp³-hybridized carbons (Fsp3) is 0.0385. The molecule has 4 aromatic carbocycles. The van der Waals surface area contributed by atoms with Gasteiger partial charge < -0.3 is 5.32 Å². The summed E-state index contributed by atoms with van der Waals surface area (Å²) in [5, 5.41) is 2.64. The topological polar surface area (TPSA) is 121 Å². The van der Waals surface area contributed by atoms with Gasteiger partial charge in [0, 0.05) is 16.9 Å². The second-order valence-corrected chi connectivity index (χ2v) is 12.0. The summed E-state index contributed by atoms with van der Waals surface area (Å²) >= 11 is 6.24. The maximum atomic E-state index is 13.0. The zero-order valence-electron chi connectivity index (χ0n) is 19.8. The number of carbonyl (C=O) groups excluding carboxylic acids is 1. The van der Waals surface area contributed by atoms with E-state index in [1.54, 1.807) is 12.1 Å². The molecule has 12 heteroatoms. The van der Waals surface area contributed by atoms with E-state index in [0.29, 0.717) is 5.69 Å². The number of anilines is 3. The van der Waals surface area contributed by atoms with Crippen molar-refractivity contribution in [2.75, 3.05) is 14.8 Å². The minimum Gasteiger partial charge on any atom is -0.322 e. The fourth-order valence-electron chi connectivity index (χ4n) is 3.31. The van der Waals surface area contributed by atoms with E-state index in [9.17, 15) is 26.0 Å². The van der Waals surface area contributed by atoms with Crippen LogP contribution in [0.4, 0.5) is 21.5 Å². The van der Waals surface area contributed by atoms with Crippen molar-refractivity contribution < 1.29 is 26.0 Å². The highest BCUT2D eigenvalue weighted by Crippen LogP contribution is 2.27. The smallest absolute Gasteiger partial charge is 0.261 e. The molecule has 3 N–H and O–H groups in total. The SMILES string of the molecule is Cc1ccc(S(=O)(=O)Nc2ccc(C(=O)Nc3ccc(S(=O)(=O)Nc4ccc(F)cc4)cc3)cc2Cl)cc1. The van der Waals surface area contributed by atoms with Gasteiger partial charge in [0.2, 0.25) is 0 Å². The summed E-state index contributed by atoms with van der Waals surface area (Å²) in [7, 11) is -7.81. The summed E-state index contributed by atoms with van der Waals surface area (Å²) in [5.74, 6) is -1.03. The first-order chi connectivity index (χ1) is 17.9. The van der Waals surface area contributed by atoms with Gasteiger partial charge in [0.05, 0.1) is 20.5 Å². The van der Waals surface area contributed by atoms with Crippen molar-refractivity contribution in [3.63, 3.8) is 0 Å². The number of carbonyl (C=O) groups is 1. The number of aryl methyl sites for hydroxylation is 1. The van der Waals surface area contributed by atoms with Crippen LogP contribution in [0.25, 0.3) is 0 Å². The molecule has 4 rings (SSSR count). The standard InChI is InChI=1S/C26H21ClFN3O5S2/c1-17-2-11-22(12-3-17)38(35,36)31-25-15-4-18(16-24(25)27)26(32)29-20-9-13-23(14-10-20)37(33,34)30-21-7-5-19(28)6-8-21/h2-16,30-31H,1H3,(H,29,32). The maximum Gasteiger partial charge on any atom is 0.261 e. The Hall–Kier alpha value is -3.93. The van der Waals surface area contributed by atoms with E-state index in [1.807, 2.05) is 6.92 Å². The Morgan fingerprint density at radius 3 is 1.82 bits per heavy atom. The zero-order valence-corrected chi connectivity index (χ0v) is 22.2. The van der Waals surface area contributed by atoms with Crippen LogP contribution in [0, 0.1) is 12.7 Å². The van der Waals surface area contributed by atoms with Crippen LogP contribution >= 0.6 is 11.6 Å². The molecule has 0 saturated carbocycles. The summed E-state index contributed by atoms with van der Waals surface area (Å²) in [6, 6.07) is 20.7. The molecule has 0 heterocycles. The van der Waals surface area contributed by atoms with Crippen LogP contribution in [0.2, 0.25) is 5.02 Å². The third-order valence-corrected chi connectivity index (χ3v) is 8.42. The van der Waals surface area contributed by atoms with E-state index in [-0.39, 0.29) is 31.8 Å². The molecule has 0 radical (unpaired) electrons. The molecule has 4 aromatic rings. The normalized spacial score (nSPS) is 11.6. The minimum absolute atomic E-state index is 0.0154. The van der Waals surface area contributed by atoms with E-state index in [4.69, 9.17) is 11.6 Å². The quantitative estimate of drug-likeness (QED) is 0.252. The van der Waals surface area contributed by atoms with E-state index in [2.05, 4.69) is 14.8 Å². The molecule has 0 aromatic heterocycles. The lowest BCUT2D eigenvalue weighted by atomic mass is 10.2. The molecule has 0 aliphatic rings. The van der Waals surface area contributed by atoms with Crippen molar-refractivity contribution in [3.05, 3.63) is 113 Å². The average Bonchev–Trinajstić information content (AvgIpc) is 2.87. The van der Waals surface area contributed by atoms with Crippen LogP contribution in [-0.4, -0.2) is 22.7 Å². The number of sulfonamides is 2. The van der Waals surface area contributed by atoms with Gasteiger partial charge in [0.25, 0.3) is 26.0 Å². The molecular weight excluding hydrogens is 553 g/mol. The molecule has 196 valence electrons. The number of amides is 1. The van der Waals surface area contributed by atoms with Crippen molar-refractivity contribution in [2.45, 2.75) is 16.7 Å². The summed E-state index contributed by atoms with van der Waals surface area (Å²) in [6.45, 7) is 1.84. The molecule has 8 nitrogen and oxygen atoms in total. The van der Waals surface area contributed by atoms with Gasteiger partial charge >= 0.3 is 0 Å². The van der Waals surface area contributed by atoms with Gasteiger partial charge in [0.15, 0.2) is 0 Å². The number of rotatable bonds is 8. The molecule has 0 fully saturated rings. The predicted molar refractivity (Wildman–Crippen MR) is 145 cm³/mol. The van der Waals surface area contributed by atoms with Gasteiger partial charge in [-0.05, 0) is 85.8 Å². The Balaban J connectivity index is 1.43. The third-order valence-electron chi connectivity index (χ3n) is 5.33.